The van der Waals surface area contributed by atoms with Crippen LogP contribution in [0, 0.1) is 0 Å². The van der Waals surface area contributed by atoms with Crippen molar-refractivity contribution in [2.24, 2.45) is 0 Å². The van der Waals surface area contributed by atoms with Crippen molar-refractivity contribution in [3.63, 3.8) is 0 Å². The maximum atomic E-state index is 5.96. The lowest BCUT2D eigenvalue weighted by Gasteiger charge is -2.16. The van der Waals surface area contributed by atoms with Crippen LogP contribution in [0.25, 0.3) is 0 Å². The Balaban J connectivity index is 1.92. The van der Waals surface area contributed by atoms with Gasteiger partial charge in [-0.15, -0.1) is 0 Å². The molecule has 1 aromatic carbocycles. The van der Waals surface area contributed by atoms with Crippen LogP contribution in [0.5, 0.6) is 0 Å². The van der Waals surface area contributed by atoms with E-state index in [-0.39, 0.29) is 6.10 Å². The van der Waals surface area contributed by atoms with Gasteiger partial charge in [-0.05, 0) is 37.3 Å². The Morgan fingerprint density at radius 3 is 2.04 bits per heavy atom. The van der Waals surface area contributed by atoms with E-state index in [9.17, 15) is 0 Å². The van der Waals surface area contributed by atoms with E-state index in [1.54, 1.807) is 0 Å². The third-order valence-corrected chi connectivity index (χ3v) is 5.02. The molecule has 0 saturated carbocycles. The maximum Gasteiger partial charge on any atom is 0.0754 e. The zero-order chi connectivity index (χ0) is 18.2. The summed E-state index contributed by atoms with van der Waals surface area (Å²) in [5.74, 6) is 0. The molecule has 1 rings (SSSR count). The number of hydrogen-bond acceptors (Lipinski definition) is 1. The van der Waals surface area contributed by atoms with E-state index in [4.69, 9.17) is 4.74 Å². The molecule has 1 nitrogen and oxygen atoms in total. The number of ether oxygens (including phenoxy) is 1. The molecular weight excluding hydrogens is 304 g/mol. The Morgan fingerprint density at radius 1 is 0.880 bits per heavy atom. The van der Waals surface area contributed by atoms with Crippen LogP contribution in [0.15, 0.2) is 42.5 Å². The summed E-state index contributed by atoms with van der Waals surface area (Å²) in [6.07, 6.45) is 16.0. The fourth-order valence-corrected chi connectivity index (χ4v) is 3.12. The monoisotopic (exact) mass is 344 g/mol. The predicted molar refractivity (Wildman–Crippen MR) is 111 cm³/mol. The zero-order valence-corrected chi connectivity index (χ0v) is 16.8. The first-order valence-corrected chi connectivity index (χ1v) is 10.6. The van der Waals surface area contributed by atoms with Crippen LogP contribution >= 0.6 is 0 Å². The summed E-state index contributed by atoms with van der Waals surface area (Å²) >= 11 is 0. The van der Waals surface area contributed by atoms with Crippen molar-refractivity contribution < 1.29 is 4.74 Å². The average molecular weight is 345 g/mol. The highest BCUT2D eigenvalue weighted by Gasteiger charge is 2.07. The summed E-state index contributed by atoms with van der Waals surface area (Å²) in [6, 6.07) is 10.6. The summed E-state index contributed by atoms with van der Waals surface area (Å²) in [4.78, 5) is 0. The molecule has 142 valence electrons. The van der Waals surface area contributed by atoms with Gasteiger partial charge in [-0.1, -0.05) is 102 Å². The van der Waals surface area contributed by atoms with Crippen LogP contribution in [-0.4, -0.2) is 12.7 Å². The molecule has 0 N–H and O–H groups in total. The zero-order valence-electron chi connectivity index (χ0n) is 16.8. The smallest absolute Gasteiger partial charge is 0.0754 e. The molecule has 25 heavy (non-hydrogen) atoms. The second-order valence-corrected chi connectivity index (χ2v) is 7.34. The van der Waals surface area contributed by atoms with Gasteiger partial charge in [-0.3, -0.25) is 0 Å². The van der Waals surface area contributed by atoms with E-state index in [0.717, 1.165) is 19.4 Å². The van der Waals surface area contributed by atoms with E-state index in [1.807, 2.05) is 0 Å². The van der Waals surface area contributed by atoms with Gasteiger partial charge < -0.3 is 4.74 Å². The molecule has 1 unspecified atom stereocenters. The molecule has 0 aliphatic rings. The predicted octanol–water partition coefficient (Wildman–Crippen LogP) is 7.50. The summed E-state index contributed by atoms with van der Waals surface area (Å²) in [7, 11) is 0. The third kappa shape index (κ3) is 12.0. The maximum absolute atomic E-state index is 5.96. The standard InChI is InChI=1S/C24H40O/c1-4-5-6-7-8-9-10-11-12-16-21-25-23(3)22(2)19-20-24-17-14-13-15-18-24/h13-15,17-18,23H,2,4-12,16,19-21H2,1,3H3. The average Bonchev–Trinajstić information content (AvgIpc) is 2.64. The van der Waals surface area contributed by atoms with Crippen LogP contribution in [0.3, 0.4) is 0 Å². The van der Waals surface area contributed by atoms with Gasteiger partial charge in [0.25, 0.3) is 0 Å². The summed E-state index contributed by atoms with van der Waals surface area (Å²) in [5, 5.41) is 0. The van der Waals surface area contributed by atoms with E-state index >= 15 is 0 Å². The van der Waals surface area contributed by atoms with Crippen molar-refractivity contribution >= 4 is 0 Å². The third-order valence-electron chi connectivity index (χ3n) is 5.02. The summed E-state index contributed by atoms with van der Waals surface area (Å²) in [5.41, 5.74) is 2.60. The van der Waals surface area contributed by atoms with Crippen LogP contribution in [0.2, 0.25) is 0 Å². The highest BCUT2D eigenvalue weighted by Crippen LogP contribution is 2.14. The Bertz CT molecular complexity index is 423. The van der Waals surface area contributed by atoms with Crippen LogP contribution in [0.1, 0.15) is 90.0 Å². The van der Waals surface area contributed by atoms with E-state index in [0.29, 0.717) is 0 Å². The molecule has 0 aliphatic heterocycles. The number of aryl methyl sites for hydroxylation is 1. The number of rotatable bonds is 16. The van der Waals surface area contributed by atoms with Crippen molar-refractivity contribution in [3.8, 4) is 0 Å². The quantitative estimate of drug-likeness (QED) is 0.223. The molecule has 0 amide bonds. The van der Waals surface area contributed by atoms with Gasteiger partial charge in [-0.25, -0.2) is 0 Å². The summed E-state index contributed by atoms with van der Waals surface area (Å²) < 4.78 is 5.96. The van der Waals surface area contributed by atoms with Gasteiger partial charge in [-0.2, -0.15) is 0 Å². The minimum absolute atomic E-state index is 0.183. The fourth-order valence-electron chi connectivity index (χ4n) is 3.12. The van der Waals surface area contributed by atoms with Gasteiger partial charge in [0.2, 0.25) is 0 Å². The molecule has 0 saturated heterocycles. The van der Waals surface area contributed by atoms with Crippen molar-refractivity contribution in [1.29, 1.82) is 0 Å². The Labute approximate surface area is 156 Å². The van der Waals surface area contributed by atoms with Gasteiger partial charge >= 0.3 is 0 Å². The lowest BCUT2D eigenvalue weighted by Crippen LogP contribution is -2.12. The number of hydrogen-bond donors (Lipinski definition) is 0. The SMILES string of the molecule is C=C(CCc1ccccc1)C(C)OCCCCCCCCCCCC. The normalized spacial score (nSPS) is 12.2. The molecule has 0 aromatic heterocycles. The van der Waals surface area contributed by atoms with Crippen molar-refractivity contribution in [3.05, 3.63) is 48.0 Å². The molecular formula is C24H40O. The first kappa shape index (κ1) is 22.0. The van der Waals surface area contributed by atoms with Crippen LogP contribution < -0.4 is 0 Å². The van der Waals surface area contributed by atoms with E-state index < -0.39 is 0 Å². The highest BCUT2D eigenvalue weighted by molar-refractivity contribution is 5.16. The summed E-state index contributed by atoms with van der Waals surface area (Å²) in [6.45, 7) is 9.51. The van der Waals surface area contributed by atoms with Crippen molar-refractivity contribution in [2.45, 2.75) is 97.0 Å². The largest absolute Gasteiger partial charge is 0.374 e. The number of unbranched alkanes of at least 4 members (excludes halogenated alkanes) is 9. The van der Waals surface area contributed by atoms with Gasteiger partial charge in [0.1, 0.15) is 0 Å². The lowest BCUT2D eigenvalue weighted by atomic mass is 10.0. The van der Waals surface area contributed by atoms with E-state index in [1.165, 1.54) is 75.3 Å². The van der Waals surface area contributed by atoms with Crippen LogP contribution in [0.4, 0.5) is 0 Å². The van der Waals surface area contributed by atoms with Gasteiger partial charge in [0, 0.05) is 6.61 Å². The lowest BCUT2D eigenvalue weighted by molar-refractivity contribution is 0.0845. The highest BCUT2D eigenvalue weighted by atomic mass is 16.5. The topological polar surface area (TPSA) is 9.23 Å². The molecule has 0 aliphatic carbocycles. The van der Waals surface area contributed by atoms with Crippen molar-refractivity contribution in [1.82, 2.24) is 0 Å². The van der Waals surface area contributed by atoms with E-state index in [2.05, 4.69) is 50.8 Å². The minimum atomic E-state index is 0.183. The second kappa shape index (κ2) is 15.2. The first-order valence-electron chi connectivity index (χ1n) is 10.6. The fraction of sp³-hybridized carbons (Fsp3) is 0.667. The molecule has 0 fully saturated rings. The Kier molecular flexibility index (Phi) is 13.3. The molecule has 1 aromatic rings. The molecule has 1 atom stereocenters. The second-order valence-electron chi connectivity index (χ2n) is 7.34. The minimum Gasteiger partial charge on any atom is -0.374 e. The molecule has 0 radical (unpaired) electrons. The first-order chi connectivity index (χ1) is 12.2. The molecule has 0 spiro atoms. The molecule has 1 heteroatoms. The molecule has 0 bridgehead atoms. The molecule has 0 heterocycles. The number of benzene rings is 1. The Morgan fingerprint density at radius 2 is 1.44 bits per heavy atom. The van der Waals surface area contributed by atoms with Crippen molar-refractivity contribution in [2.75, 3.05) is 6.61 Å². The van der Waals surface area contributed by atoms with Gasteiger partial charge in [0.05, 0.1) is 6.10 Å². The Hall–Kier alpha value is -1.08. The van der Waals surface area contributed by atoms with Crippen LogP contribution in [-0.2, 0) is 11.2 Å². The van der Waals surface area contributed by atoms with Gasteiger partial charge in [0.15, 0.2) is 0 Å².